The van der Waals surface area contributed by atoms with Crippen LogP contribution in [0.15, 0.2) is 54.7 Å². The fraction of sp³-hybridized carbons (Fsp3) is 0.250. The molecule has 3 aromatic rings. The molecule has 0 amide bonds. The smallest absolute Gasteiger partial charge is 0.172 e. The molecule has 1 aliphatic heterocycles. The molecule has 2 aromatic carbocycles. The Hall–Kier alpha value is -2.17. The Bertz CT molecular complexity index is 888. The molecule has 128 valence electrons. The third-order valence-electron chi connectivity index (χ3n) is 4.61. The lowest BCUT2D eigenvalue weighted by molar-refractivity contribution is 0.00975. The molecule has 4 rings (SSSR count). The molecule has 0 saturated carbocycles. The van der Waals surface area contributed by atoms with Crippen molar-refractivity contribution in [2.24, 2.45) is 0 Å². The number of hydrogen-bond acceptors (Lipinski definition) is 3. The molecule has 0 radical (unpaired) electrons. The normalized spacial score (nSPS) is 20.6. The number of fused-ring (bicyclic) bond motifs is 1. The molecule has 1 aromatic heterocycles. The SMILES string of the molecule is Fc1c(NC2CCOC(c3ccccc3)C2)ccc2c(Cl)ccnc12. The number of pyridine rings is 1. The number of rotatable bonds is 3. The van der Waals surface area contributed by atoms with E-state index < -0.39 is 0 Å². The average molecular weight is 357 g/mol. The van der Waals surface area contributed by atoms with Crippen molar-refractivity contribution < 1.29 is 9.13 Å². The van der Waals surface area contributed by atoms with Crippen LogP contribution in [-0.2, 0) is 4.74 Å². The highest BCUT2D eigenvalue weighted by molar-refractivity contribution is 6.35. The number of anilines is 1. The van der Waals surface area contributed by atoms with E-state index in [1.54, 1.807) is 12.1 Å². The van der Waals surface area contributed by atoms with Gasteiger partial charge in [-0.05, 0) is 36.6 Å². The first kappa shape index (κ1) is 16.3. The second-order valence-electron chi connectivity index (χ2n) is 6.25. The van der Waals surface area contributed by atoms with Gasteiger partial charge in [-0.25, -0.2) is 4.39 Å². The number of benzene rings is 2. The highest BCUT2D eigenvalue weighted by Gasteiger charge is 2.24. The van der Waals surface area contributed by atoms with E-state index in [1.807, 2.05) is 24.3 Å². The molecule has 0 spiro atoms. The van der Waals surface area contributed by atoms with E-state index >= 15 is 0 Å². The van der Waals surface area contributed by atoms with Gasteiger partial charge in [0, 0.05) is 24.2 Å². The van der Waals surface area contributed by atoms with Crippen molar-refractivity contribution in [1.29, 1.82) is 0 Å². The molecule has 25 heavy (non-hydrogen) atoms. The summed E-state index contributed by atoms with van der Waals surface area (Å²) in [6.07, 6.45) is 3.19. The summed E-state index contributed by atoms with van der Waals surface area (Å²) in [5, 5.41) is 4.45. The van der Waals surface area contributed by atoms with Crippen LogP contribution < -0.4 is 5.32 Å². The van der Waals surface area contributed by atoms with Crippen LogP contribution >= 0.6 is 11.6 Å². The Labute approximate surface area is 150 Å². The number of hydrogen-bond donors (Lipinski definition) is 1. The topological polar surface area (TPSA) is 34.1 Å². The van der Waals surface area contributed by atoms with E-state index in [4.69, 9.17) is 16.3 Å². The van der Waals surface area contributed by atoms with Gasteiger partial charge in [-0.15, -0.1) is 0 Å². The van der Waals surface area contributed by atoms with Crippen LogP contribution in [0, 0.1) is 5.82 Å². The first-order valence-corrected chi connectivity index (χ1v) is 8.76. The van der Waals surface area contributed by atoms with Gasteiger partial charge in [0.2, 0.25) is 0 Å². The fourth-order valence-electron chi connectivity index (χ4n) is 3.31. The van der Waals surface area contributed by atoms with Gasteiger partial charge in [-0.2, -0.15) is 0 Å². The van der Waals surface area contributed by atoms with Gasteiger partial charge in [0.15, 0.2) is 5.82 Å². The van der Waals surface area contributed by atoms with E-state index in [2.05, 4.69) is 22.4 Å². The van der Waals surface area contributed by atoms with Crippen LogP contribution in [0.25, 0.3) is 10.9 Å². The zero-order valence-corrected chi connectivity index (χ0v) is 14.3. The standard InChI is InChI=1S/C20H18ClFN2O/c21-16-8-10-23-20-15(16)6-7-17(19(20)22)24-14-9-11-25-18(12-14)13-4-2-1-3-5-13/h1-8,10,14,18,24H,9,11-12H2. The Morgan fingerprint density at radius 2 is 1.96 bits per heavy atom. The van der Waals surface area contributed by atoms with E-state index in [0.717, 1.165) is 18.4 Å². The highest BCUT2D eigenvalue weighted by Crippen LogP contribution is 2.32. The molecule has 1 N–H and O–H groups in total. The molecular formula is C20H18ClFN2O. The van der Waals surface area contributed by atoms with Gasteiger partial charge in [0.1, 0.15) is 5.52 Å². The minimum absolute atomic E-state index is 0.0311. The predicted octanol–water partition coefficient (Wildman–Crippen LogP) is 5.36. The lowest BCUT2D eigenvalue weighted by atomic mass is 9.97. The van der Waals surface area contributed by atoms with Crippen molar-refractivity contribution in [3.05, 3.63) is 71.1 Å². The molecule has 2 unspecified atom stereocenters. The third-order valence-corrected chi connectivity index (χ3v) is 4.94. The first-order valence-electron chi connectivity index (χ1n) is 8.38. The van der Waals surface area contributed by atoms with Gasteiger partial charge < -0.3 is 10.1 Å². The third kappa shape index (κ3) is 3.32. The quantitative estimate of drug-likeness (QED) is 0.686. The van der Waals surface area contributed by atoms with E-state index in [0.29, 0.717) is 28.2 Å². The largest absolute Gasteiger partial charge is 0.380 e. The molecule has 2 atom stereocenters. The fourth-order valence-corrected chi connectivity index (χ4v) is 3.52. The van der Waals surface area contributed by atoms with Crippen LogP contribution in [0.1, 0.15) is 24.5 Å². The van der Waals surface area contributed by atoms with Crippen molar-refractivity contribution in [2.45, 2.75) is 25.0 Å². The number of nitrogens with zero attached hydrogens (tertiary/aromatic N) is 1. The number of ether oxygens (including phenoxy) is 1. The summed E-state index contributed by atoms with van der Waals surface area (Å²) in [5.41, 5.74) is 1.91. The van der Waals surface area contributed by atoms with Crippen LogP contribution in [0.5, 0.6) is 0 Å². The van der Waals surface area contributed by atoms with Crippen LogP contribution in [-0.4, -0.2) is 17.6 Å². The second-order valence-corrected chi connectivity index (χ2v) is 6.66. The molecule has 0 aliphatic carbocycles. The summed E-state index contributed by atoms with van der Waals surface area (Å²) in [7, 11) is 0. The average Bonchev–Trinajstić information content (AvgIpc) is 2.66. The Kier molecular flexibility index (Phi) is 4.55. The van der Waals surface area contributed by atoms with E-state index in [9.17, 15) is 4.39 Å². The van der Waals surface area contributed by atoms with Gasteiger partial charge in [-0.3, -0.25) is 4.98 Å². The minimum atomic E-state index is -0.359. The van der Waals surface area contributed by atoms with Gasteiger partial charge in [0.25, 0.3) is 0 Å². The summed E-state index contributed by atoms with van der Waals surface area (Å²) in [6.45, 7) is 0.649. The lowest BCUT2D eigenvalue weighted by Gasteiger charge is -2.31. The van der Waals surface area contributed by atoms with E-state index in [-0.39, 0.29) is 18.0 Å². The molecule has 1 aliphatic rings. The van der Waals surface area contributed by atoms with Crippen molar-refractivity contribution in [1.82, 2.24) is 4.98 Å². The maximum atomic E-state index is 14.8. The molecule has 2 heterocycles. The van der Waals surface area contributed by atoms with Crippen molar-refractivity contribution in [3.8, 4) is 0 Å². The predicted molar refractivity (Wildman–Crippen MR) is 98.5 cm³/mol. The van der Waals surface area contributed by atoms with Crippen molar-refractivity contribution in [3.63, 3.8) is 0 Å². The van der Waals surface area contributed by atoms with Crippen molar-refractivity contribution >= 4 is 28.2 Å². The number of aromatic nitrogens is 1. The maximum Gasteiger partial charge on any atom is 0.172 e. The zero-order valence-electron chi connectivity index (χ0n) is 13.6. The molecule has 3 nitrogen and oxygen atoms in total. The monoisotopic (exact) mass is 356 g/mol. The maximum absolute atomic E-state index is 14.8. The Morgan fingerprint density at radius 1 is 1.12 bits per heavy atom. The van der Waals surface area contributed by atoms with Crippen LogP contribution in [0.2, 0.25) is 5.02 Å². The van der Waals surface area contributed by atoms with Gasteiger partial charge >= 0.3 is 0 Å². The second kappa shape index (κ2) is 6.98. The molecule has 5 heteroatoms. The summed E-state index contributed by atoms with van der Waals surface area (Å²) in [5.74, 6) is -0.359. The number of halogens is 2. The van der Waals surface area contributed by atoms with E-state index in [1.165, 1.54) is 6.20 Å². The summed E-state index contributed by atoms with van der Waals surface area (Å²) < 4.78 is 20.7. The van der Waals surface area contributed by atoms with Crippen molar-refractivity contribution in [2.75, 3.05) is 11.9 Å². The first-order chi connectivity index (χ1) is 12.2. The Morgan fingerprint density at radius 3 is 2.80 bits per heavy atom. The summed E-state index contributed by atoms with van der Waals surface area (Å²) in [4.78, 5) is 4.13. The molecule has 1 fully saturated rings. The minimum Gasteiger partial charge on any atom is -0.380 e. The number of nitrogens with one attached hydrogen (secondary N) is 1. The Balaban J connectivity index is 1.56. The lowest BCUT2D eigenvalue weighted by Crippen LogP contribution is -2.30. The van der Waals surface area contributed by atoms with Gasteiger partial charge in [0.05, 0.1) is 16.8 Å². The zero-order chi connectivity index (χ0) is 17.2. The molecule has 0 bridgehead atoms. The molecular weight excluding hydrogens is 339 g/mol. The summed E-state index contributed by atoms with van der Waals surface area (Å²) >= 11 is 6.12. The van der Waals surface area contributed by atoms with Crippen LogP contribution in [0.4, 0.5) is 10.1 Å². The van der Waals surface area contributed by atoms with Gasteiger partial charge in [-0.1, -0.05) is 41.9 Å². The highest BCUT2D eigenvalue weighted by atomic mass is 35.5. The summed E-state index contributed by atoms with van der Waals surface area (Å²) in [6, 6.07) is 15.5. The molecule has 1 saturated heterocycles. The van der Waals surface area contributed by atoms with Crippen LogP contribution in [0.3, 0.4) is 0 Å².